The predicted molar refractivity (Wildman–Crippen MR) is 80.7 cm³/mol. The van der Waals surface area contributed by atoms with Crippen LogP contribution in [-0.2, 0) is 4.79 Å². The van der Waals surface area contributed by atoms with E-state index in [0.29, 0.717) is 12.3 Å². The van der Waals surface area contributed by atoms with Gasteiger partial charge in [0.05, 0.1) is 0 Å². The molecule has 3 N–H and O–H groups in total. The summed E-state index contributed by atoms with van der Waals surface area (Å²) in [5.41, 5.74) is 5.91. The van der Waals surface area contributed by atoms with E-state index in [0.717, 1.165) is 12.2 Å². The SMILES string of the molecule is CC(C)c1ccc(SCCCC(C)(N)C(=O)O)cc1. The van der Waals surface area contributed by atoms with Gasteiger partial charge in [0.2, 0.25) is 0 Å². The molecular formula is C15H23NO2S. The summed E-state index contributed by atoms with van der Waals surface area (Å²) in [6, 6.07) is 8.55. The number of aliphatic carboxylic acids is 1. The molecule has 0 aliphatic heterocycles. The van der Waals surface area contributed by atoms with Gasteiger partial charge in [-0.3, -0.25) is 4.79 Å². The minimum atomic E-state index is -1.11. The fourth-order valence-corrected chi connectivity index (χ4v) is 2.54. The second-order valence-electron chi connectivity index (χ2n) is 5.40. The molecular weight excluding hydrogens is 258 g/mol. The Labute approximate surface area is 119 Å². The number of carboxylic acids is 1. The molecule has 1 aromatic rings. The van der Waals surface area contributed by atoms with Crippen molar-refractivity contribution < 1.29 is 9.90 Å². The van der Waals surface area contributed by atoms with Crippen molar-refractivity contribution in [1.29, 1.82) is 0 Å². The molecule has 19 heavy (non-hydrogen) atoms. The second kappa shape index (κ2) is 6.96. The van der Waals surface area contributed by atoms with Crippen LogP contribution in [-0.4, -0.2) is 22.4 Å². The molecule has 4 heteroatoms. The number of carboxylic acid groups (broad SMARTS) is 1. The third-order valence-electron chi connectivity index (χ3n) is 3.14. The van der Waals surface area contributed by atoms with Crippen LogP contribution >= 0.6 is 11.8 Å². The van der Waals surface area contributed by atoms with E-state index in [4.69, 9.17) is 10.8 Å². The number of carbonyl (C=O) groups is 1. The smallest absolute Gasteiger partial charge is 0.323 e. The van der Waals surface area contributed by atoms with Gasteiger partial charge in [-0.05, 0) is 49.1 Å². The first kappa shape index (κ1) is 16.1. The zero-order valence-corrected chi connectivity index (χ0v) is 12.7. The van der Waals surface area contributed by atoms with Crippen LogP contribution in [0.3, 0.4) is 0 Å². The van der Waals surface area contributed by atoms with E-state index < -0.39 is 11.5 Å². The number of nitrogens with two attached hydrogens (primary N) is 1. The van der Waals surface area contributed by atoms with E-state index in [2.05, 4.69) is 38.1 Å². The first-order chi connectivity index (χ1) is 8.83. The molecule has 1 atom stereocenters. The van der Waals surface area contributed by atoms with Crippen LogP contribution in [0.4, 0.5) is 0 Å². The topological polar surface area (TPSA) is 63.3 Å². The molecule has 0 bridgehead atoms. The average Bonchev–Trinajstić information content (AvgIpc) is 2.35. The van der Waals surface area contributed by atoms with Crippen molar-refractivity contribution >= 4 is 17.7 Å². The number of benzene rings is 1. The van der Waals surface area contributed by atoms with Crippen molar-refractivity contribution in [2.75, 3.05) is 5.75 Å². The maximum Gasteiger partial charge on any atom is 0.323 e. The minimum Gasteiger partial charge on any atom is -0.480 e. The van der Waals surface area contributed by atoms with Crippen LogP contribution in [0.25, 0.3) is 0 Å². The summed E-state index contributed by atoms with van der Waals surface area (Å²) in [6.45, 7) is 5.92. The van der Waals surface area contributed by atoms with Crippen molar-refractivity contribution in [3.63, 3.8) is 0 Å². The molecule has 3 nitrogen and oxygen atoms in total. The van der Waals surface area contributed by atoms with Gasteiger partial charge in [0.15, 0.2) is 0 Å². The summed E-state index contributed by atoms with van der Waals surface area (Å²) in [6.07, 6.45) is 1.30. The van der Waals surface area contributed by atoms with E-state index in [1.165, 1.54) is 10.5 Å². The largest absolute Gasteiger partial charge is 0.480 e. The second-order valence-corrected chi connectivity index (χ2v) is 6.57. The number of hydrogen-bond acceptors (Lipinski definition) is 3. The zero-order chi connectivity index (χ0) is 14.5. The van der Waals surface area contributed by atoms with E-state index in [1.807, 2.05) is 0 Å². The van der Waals surface area contributed by atoms with Crippen LogP contribution in [0.5, 0.6) is 0 Å². The Kier molecular flexibility index (Phi) is 5.88. The van der Waals surface area contributed by atoms with Crippen LogP contribution < -0.4 is 5.73 Å². The van der Waals surface area contributed by atoms with Crippen molar-refractivity contribution in [3.05, 3.63) is 29.8 Å². The summed E-state index contributed by atoms with van der Waals surface area (Å²) in [7, 11) is 0. The Hall–Kier alpha value is -1.00. The molecule has 1 unspecified atom stereocenters. The average molecular weight is 281 g/mol. The molecule has 0 radical (unpaired) electrons. The summed E-state index contributed by atoms with van der Waals surface area (Å²) in [4.78, 5) is 12.1. The van der Waals surface area contributed by atoms with Crippen molar-refractivity contribution in [1.82, 2.24) is 0 Å². The predicted octanol–water partition coefficient (Wildman–Crippen LogP) is 3.48. The van der Waals surface area contributed by atoms with Crippen LogP contribution in [0.2, 0.25) is 0 Å². The number of hydrogen-bond donors (Lipinski definition) is 2. The van der Waals surface area contributed by atoms with Crippen molar-refractivity contribution in [2.45, 2.75) is 50.0 Å². The standard InChI is InChI=1S/C15H23NO2S/c1-11(2)12-5-7-13(8-6-12)19-10-4-9-15(3,16)14(17)18/h5-8,11H,4,9-10,16H2,1-3H3,(H,17,18). The van der Waals surface area contributed by atoms with Crippen molar-refractivity contribution in [2.24, 2.45) is 5.73 Å². The normalized spacial score (nSPS) is 14.4. The van der Waals surface area contributed by atoms with Gasteiger partial charge in [0.1, 0.15) is 5.54 Å². The highest BCUT2D eigenvalue weighted by Gasteiger charge is 2.26. The Bertz CT molecular complexity index is 413. The highest BCUT2D eigenvalue weighted by atomic mass is 32.2. The van der Waals surface area contributed by atoms with Gasteiger partial charge in [-0.1, -0.05) is 26.0 Å². The molecule has 1 rings (SSSR count). The summed E-state index contributed by atoms with van der Waals surface area (Å²) in [5.74, 6) is 0.507. The third-order valence-corrected chi connectivity index (χ3v) is 4.24. The van der Waals surface area contributed by atoms with E-state index in [-0.39, 0.29) is 0 Å². The molecule has 0 spiro atoms. The molecule has 0 aromatic heterocycles. The zero-order valence-electron chi connectivity index (χ0n) is 11.8. The fraction of sp³-hybridized carbons (Fsp3) is 0.533. The van der Waals surface area contributed by atoms with Crippen LogP contribution in [0, 0.1) is 0 Å². The van der Waals surface area contributed by atoms with E-state index >= 15 is 0 Å². The fourth-order valence-electron chi connectivity index (χ4n) is 1.69. The highest BCUT2D eigenvalue weighted by molar-refractivity contribution is 7.99. The third kappa shape index (κ3) is 5.25. The van der Waals surface area contributed by atoms with E-state index in [1.54, 1.807) is 18.7 Å². The van der Waals surface area contributed by atoms with Gasteiger partial charge in [-0.15, -0.1) is 11.8 Å². The lowest BCUT2D eigenvalue weighted by atomic mass is 9.98. The molecule has 0 aliphatic rings. The van der Waals surface area contributed by atoms with Gasteiger partial charge in [-0.2, -0.15) is 0 Å². The minimum absolute atomic E-state index is 0.499. The Morgan fingerprint density at radius 3 is 2.42 bits per heavy atom. The van der Waals surface area contributed by atoms with Gasteiger partial charge in [0.25, 0.3) is 0 Å². The molecule has 0 amide bonds. The van der Waals surface area contributed by atoms with Crippen molar-refractivity contribution in [3.8, 4) is 0 Å². The lowest BCUT2D eigenvalue weighted by molar-refractivity contribution is -0.142. The molecule has 0 fully saturated rings. The van der Waals surface area contributed by atoms with E-state index in [9.17, 15) is 4.79 Å². The molecule has 0 saturated heterocycles. The molecule has 106 valence electrons. The highest BCUT2D eigenvalue weighted by Crippen LogP contribution is 2.23. The summed E-state index contributed by atoms with van der Waals surface area (Å²) in [5, 5.41) is 8.91. The molecule has 0 heterocycles. The van der Waals surface area contributed by atoms with Gasteiger partial charge >= 0.3 is 5.97 Å². The molecule has 0 aliphatic carbocycles. The maximum atomic E-state index is 10.9. The molecule has 0 saturated carbocycles. The lowest BCUT2D eigenvalue weighted by Crippen LogP contribution is -2.44. The Morgan fingerprint density at radius 1 is 1.37 bits per heavy atom. The Morgan fingerprint density at radius 2 is 1.95 bits per heavy atom. The first-order valence-electron chi connectivity index (χ1n) is 6.58. The first-order valence-corrected chi connectivity index (χ1v) is 7.56. The maximum absolute atomic E-state index is 10.9. The van der Waals surface area contributed by atoms with Crippen LogP contribution in [0.15, 0.2) is 29.2 Å². The molecule has 1 aromatic carbocycles. The number of rotatable bonds is 7. The quantitative estimate of drug-likeness (QED) is 0.593. The number of thioether (sulfide) groups is 1. The van der Waals surface area contributed by atoms with Crippen LogP contribution in [0.1, 0.15) is 45.1 Å². The monoisotopic (exact) mass is 281 g/mol. The van der Waals surface area contributed by atoms with Gasteiger partial charge in [0, 0.05) is 4.90 Å². The summed E-state index contributed by atoms with van der Waals surface area (Å²) >= 11 is 1.74. The van der Waals surface area contributed by atoms with Gasteiger partial charge < -0.3 is 10.8 Å². The Balaban J connectivity index is 2.36. The van der Waals surface area contributed by atoms with Gasteiger partial charge in [-0.25, -0.2) is 0 Å². The summed E-state index contributed by atoms with van der Waals surface area (Å²) < 4.78 is 0. The lowest BCUT2D eigenvalue weighted by Gasteiger charge is -2.18.